The molecule has 0 aromatic carbocycles. The molecule has 2 aromatic rings. The van der Waals surface area contributed by atoms with Gasteiger partial charge in [0.15, 0.2) is 0 Å². The van der Waals surface area contributed by atoms with Crippen LogP contribution in [0, 0.1) is 6.92 Å². The van der Waals surface area contributed by atoms with Crippen molar-refractivity contribution in [2.24, 2.45) is 0 Å². The number of carbonyl (C=O) groups excluding carboxylic acids is 1. The van der Waals surface area contributed by atoms with Gasteiger partial charge >= 0.3 is 0 Å². The van der Waals surface area contributed by atoms with Gasteiger partial charge in [-0.1, -0.05) is 0 Å². The van der Waals surface area contributed by atoms with Crippen molar-refractivity contribution in [1.29, 1.82) is 0 Å². The first-order valence-corrected chi connectivity index (χ1v) is 8.32. The summed E-state index contributed by atoms with van der Waals surface area (Å²) in [6, 6.07) is 3.88. The molecule has 1 fully saturated rings. The van der Waals surface area contributed by atoms with Crippen molar-refractivity contribution in [3.63, 3.8) is 0 Å². The lowest BCUT2D eigenvalue weighted by atomic mass is 10.0. The van der Waals surface area contributed by atoms with Gasteiger partial charge in [-0.05, 0) is 31.9 Å². The van der Waals surface area contributed by atoms with Crippen LogP contribution < -0.4 is 21.7 Å². The molecule has 5 N–H and O–H groups in total. The normalized spacial score (nSPS) is 15.2. The minimum absolute atomic E-state index is 0.00853. The Hall–Kier alpha value is -2.90. The zero-order valence-electron chi connectivity index (χ0n) is 14.5. The van der Waals surface area contributed by atoms with Crippen LogP contribution in [-0.2, 0) is 4.79 Å². The smallest absolute Gasteiger partial charge is 0.222 e. The summed E-state index contributed by atoms with van der Waals surface area (Å²) in [5.41, 5.74) is 14.2. The van der Waals surface area contributed by atoms with Crippen LogP contribution in [0.3, 0.4) is 0 Å². The summed E-state index contributed by atoms with van der Waals surface area (Å²) in [6.07, 6.45) is 3.45. The summed E-state index contributed by atoms with van der Waals surface area (Å²) in [5, 5.41) is 2.98. The number of aryl methyl sites for hydroxylation is 1. The zero-order valence-corrected chi connectivity index (χ0v) is 14.5. The number of aromatic nitrogens is 3. The van der Waals surface area contributed by atoms with Gasteiger partial charge in [-0.3, -0.25) is 4.79 Å². The van der Waals surface area contributed by atoms with E-state index >= 15 is 0 Å². The second kappa shape index (κ2) is 6.92. The van der Waals surface area contributed by atoms with Crippen molar-refractivity contribution >= 4 is 23.5 Å². The second-order valence-corrected chi connectivity index (χ2v) is 6.30. The number of nitrogen functional groups attached to an aromatic ring is 2. The third-order valence-electron chi connectivity index (χ3n) is 4.37. The lowest BCUT2D eigenvalue weighted by Gasteiger charge is -2.34. The highest BCUT2D eigenvalue weighted by Crippen LogP contribution is 2.33. The van der Waals surface area contributed by atoms with Gasteiger partial charge in [0, 0.05) is 43.4 Å². The second-order valence-electron chi connectivity index (χ2n) is 6.30. The van der Waals surface area contributed by atoms with Crippen molar-refractivity contribution < 1.29 is 4.79 Å². The van der Waals surface area contributed by atoms with Crippen LogP contribution in [0.2, 0.25) is 0 Å². The number of anilines is 3. The number of hydrogen-bond acceptors (Lipinski definition) is 7. The summed E-state index contributed by atoms with van der Waals surface area (Å²) >= 11 is 0. The number of nitrogens with one attached hydrogen (secondary N) is 1. The molecule has 0 saturated carbocycles. The standard InChI is InChI=1S/C17H23N7O/c1-10-15(12-3-4-14(18)20-9-12)16(23-17(19)21-10)24-7-5-13(6-8-24)22-11(2)25/h3-4,9,13H,5-8H2,1-2H3,(H2,18,20)(H,22,25)(H2,19,21,23). The summed E-state index contributed by atoms with van der Waals surface area (Å²) in [4.78, 5) is 26.4. The molecule has 0 bridgehead atoms. The molecule has 0 atom stereocenters. The number of nitrogens with two attached hydrogens (primary N) is 2. The molecule has 0 spiro atoms. The zero-order chi connectivity index (χ0) is 18.0. The molecule has 3 heterocycles. The maximum absolute atomic E-state index is 11.2. The highest BCUT2D eigenvalue weighted by atomic mass is 16.1. The Labute approximate surface area is 146 Å². The number of carbonyl (C=O) groups is 1. The Bertz CT molecular complexity index is 767. The Morgan fingerprint density at radius 2 is 1.96 bits per heavy atom. The molecule has 8 heteroatoms. The third-order valence-corrected chi connectivity index (χ3v) is 4.37. The van der Waals surface area contributed by atoms with Gasteiger partial charge in [0.25, 0.3) is 0 Å². The quantitative estimate of drug-likeness (QED) is 0.764. The van der Waals surface area contributed by atoms with E-state index in [1.165, 1.54) is 0 Å². The highest BCUT2D eigenvalue weighted by molar-refractivity contribution is 5.78. The topological polar surface area (TPSA) is 123 Å². The van der Waals surface area contributed by atoms with E-state index in [9.17, 15) is 4.79 Å². The van der Waals surface area contributed by atoms with E-state index < -0.39 is 0 Å². The third kappa shape index (κ3) is 3.78. The predicted octanol–water partition coefficient (Wildman–Crippen LogP) is 1.12. The molecule has 1 amide bonds. The van der Waals surface area contributed by atoms with E-state index in [2.05, 4.69) is 25.2 Å². The average Bonchev–Trinajstić information content (AvgIpc) is 2.55. The fourth-order valence-electron chi connectivity index (χ4n) is 3.22. The number of rotatable bonds is 3. The van der Waals surface area contributed by atoms with E-state index in [4.69, 9.17) is 11.5 Å². The first kappa shape index (κ1) is 16.9. The Balaban J connectivity index is 1.91. The molecular weight excluding hydrogens is 318 g/mol. The number of pyridine rings is 1. The van der Waals surface area contributed by atoms with Crippen LogP contribution in [0.15, 0.2) is 18.3 Å². The van der Waals surface area contributed by atoms with Gasteiger partial charge in [-0.2, -0.15) is 4.98 Å². The highest BCUT2D eigenvalue weighted by Gasteiger charge is 2.24. The molecule has 1 saturated heterocycles. The van der Waals surface area contributed by atoms with Gasteiger partial charge < -0.3 is 21.7 Å². The van der Waals surface area contributed by atoms with Gasteiger partial charge in [-0.25, -0.2) is 9.97 Å². The fraction of sp³-hybridized carbons (Fsp3) is 0.412. The number of amides is 1. The van der Waals surface area contributed by atoms with Crippen molar-refractivity contribution in [2.75, 3.05) is 29.5 Å². The van der Waals surface area contributed by atoms with Gasteiger partial charge in [0.1, 0.15) is 11.6 Å². The number of hydrogen-bond donors (Lipinski definition) is 3. The largest absolute Gasteiger partial charge is 0.384 e. The van der Waals surface area contributed by atoms with Crippen molar-refractivity contribution in [3.8, 4) is 11.1 Å². The van der Waals surface area contributed by atoms with E-state index in [-0.39, 0.29) is 17.9 Å². The van der Waals surface area contributed by atoms with Crippen LogP contribution in [0.4, 0.5) is 17.6 Å². The van der Waals surface area contributed by atoms with Crippen LogP contribution in [0.1, 0.15) is 25.5 Å². The first-order valence-electron chi connectivity index (χ1n) is 8.32. The summed E-state index contributed by atoms with van der Waals surface area (Å²) in [7, 11) is 0. The predicted molar refractivity (Wildman–Crippen MR) is 97.9 cm³/mol. The molecule has 1 aliphatic rings. The lowest BCUT2D eigenvalue weighted by Crippen LogP contribution is -2.44. The van der Waals surface area contributed by atoms with E-state index in [0.29, 0.717) is 5.82 Å². The average molecular weight is 341 g/mol. The van der Waals surface area contributed by atoms with Crippen LogP contribution in [0.25, 0.3) is 11.1 Å². The molecule has 2 aromatic heterocycles. The number of piperidine rings is 1. The summed E-state index contributed by atoms with van der Waals surface area (Å²) in [6.45, 7) is 5.04. The molecule has 1 aliphatic heterocycles. The maximum atomic E-state index is 11.2. The van der Waals surface area contributed by atoms with E-state index in [1.54, 1.807) is 19.2 Å². The molecule has 132 valence electrons. The molecular formula is C17H23N7O. The van der Waals surface area contributed by atoms with Gasteiger partial charge in [-0.15, -0.1) is 0 Å². The maximum Gasteiger partial charge on any atom is 0.222 e. The van der Waals surface area contributed by atoms with Crippen LogP contribution in [-0.4, -0.2) is 40.0 Å². The van der Waals surface area contributed by atoms with Crippen LogP contribution in [0.5, 0.6) is 0 Å². The number of nitrogens with zero attached hydrogens (tertiary/aromatic N) is 4. The SMILES string of the molecule is CC(=O)NC1CCN(c2nc(N)nc(C)c2-c2ccc(N)nc2)CC1. The van der Waals surface area contributed by atoms with E-state index in [0.717, 1.165) is 48.6 Å². The first-order chi connectivity index (χ1) is 11.9. The van der Waals surface area contributed by atoms with Crippen molar-refractivity contribution in [1.82, 2.24) is 20.3 Å². The fourth-order valence-corrected chi connectivity index (χ4v) is 3.22. The Morgan fingerprint density at radius 3 is 2.56 bits per heavy atom. The molecule has 0 unspecified atom stereocenters. The Kier molecular flexibility index (Phi) is 4.69. The summed E-state index contributed by atoms with van der Waals surface area (Å²) < 4.78 is 0. The summed E-state index contributed by atoms with van der Waals surface area (Å²) in [5.74, 6) is 1.53. The minimum Gasteiger partial charge on any atom is -0.384 e. The molecule has 0 aliphatic carbocycles. The van der Waals surface area contributed by atoms with Crippen molar-refractivity contribution in [2.45, 2.75) is 32.7 Å². The van der Waals surface area contributed by atoms with E-state index in [1.807, 2.05) is 13.0 Å². The molecule has 3 rings (SSSR count). The Morgan fingerprint density at radius 1 is 1.24 bits per heavy atom. The van der Waals surface area contributed by atoms with Crippen molar-refractivity contribution in [3.05, 3.63) is 24.0 Å². The minimum atomic E-state index is 0.00853. The molecule has 25 heavy (non-hydrogen) atoms. The van der Waals surface area contributed by atoms with Crippen LogP contribution >= 0.6 is 0 Å². The van der Waals surface area contributed by atoms with Gasteiger partial charge in [0.2, 0.25) is 11.9 Å². The molecule has 0 radical (unpaired) electrons. The van der Waals surface area contributed by atoms with Gasteiger partial charge in [0.05, 0.1) is 5.69 Å². The monoisotopic (exact) mass is 341 g/mol. The lowest BCUT2D eigenvalue weighted by molar-refractivity contribution is -0.119. The molecule has 8 nitrogen and oxygen atoms in total.